The number of nitrogens with zero attached hydrogens (tertiary/aromatic N) is 4. The molecule has 3 aliphatic rings. The van der Waals surface area contributed by atoms with Crippen LogP contribution in [0.15, 0.2) is 46.0 Å². The topological polar surface area (TPSA) is 133 Å². The summed E-state index contributed by atoms with van der Waals surface area (Å²) in [7, 11) is -3.89. The van der Waals surface area contributed by atoms with Crippen LogP contribution in [-0.4, -0.2) is 92.0 Å². The van der Waals surface area contributed by atoms with E-state index >= 15 is 8.78 Å². The number of rotatable bonds is 7. The molecule has 1 aromatic heterocycles. The molecule has 3 aliphatic heterocycles. The van der Waals surface area contributed by atoms with Crippen molar-refractivity contribution >= 4 is 39.2 Å². The minimum absolute atomic E-state index is 0.0322. The first-order valence-electron chi connectivity index (χ1n) is 13.1. The summed E-state index contributed by atoms with van der Waals surface area (Å²) in [4.78, 5) is 37.4. The average molecular weight is 627 g/mol. The number of hydrogen-bond acceptors (Lipinski definition) is 10. The van der Waals surface area contributed by atoms with E-state index in [2.05, 4.69) is 10.3 Å². The van der Waals surface area contributed by atoms with Crippen LogP contribution in [-0.2, 0) is 19.6 Å². The number of carbonyl (C=O) groups excluding carboxylic acids is 2. The number of halogens is 3. The Morgan fingerprint density at radius 3 is 2.71 bits per heavy atom. The number of fused-ring (bicyclic) bond motifs is 1. The van der Waals surface area contributed by atoms with Crippen LogP contribution in [0.2, 0.25) is 0 Å². The largest absolute Gasteiger partial charge is 0.463 e. The molecular formula is C26H29F3N6O5S2. The van der Waals surface area contributed by atoms with Crippen molar-refractivity contribution in [1.29, 1.82) is 0 Å². The number of nitrogens with one attached hydrogen (secondary N) is 2. The first-order valence-corrected chi connectivity index (χ1v) is 15.8. The summed E-state index contributed by atoms with van der Waals surface area (Å²) >= 11 is 1.27. The van der Waals surface area contributed by atoms with Crippen LogP contribution >= 0.6 is 11.3 Å². The van der Waals surface area contributed by atoms with Crippen molar-refractivity contribution in [2.24, 2.45) is 10.9 Å². The zero-order valence-electron chi connectivity index (χ0n) is 22.9. The van der Waals surface area contributed by atoms with Crippen molar-refractivity contribution in [1.82, 2.24) is 24.8 Å². The van der Waals surface area contributed by atoms with E-state index in [0.29, 0.717) is 10.6 Å². The molecule has 2 amide bonds. The van der Waals surface area contributed by atoms with Crippen molar-refractivity contribution in [2.75, 3.05) is 39.0 Å². The molecule has 0 saturated carbocycles. The van der Waals surface area contributed by atoms with Gasteiger partial charge in [-0.1, -0.05) is 12.1 Å². The third kappa shape index (κ3) is 5.87. The van der Waals surface area contributed by atoms with Crippen molar-refractivity contribution in [2.45, 2.75) is 31.9 Å². The molecule has 226 valence electrons. The molecule has 0 unspecified atom stereocenters. The molecule has 4 heterocycles. The number of benzene rings is 1. The molecule has 2 N–H and O–H groups in total. The third-order valence-corrected chi connectivity index (χ3v) is 8.82. The number of thiazole rings is 1. The minimum Gasteiger partial charge on any atom is -0.463 e. The number of esters is 1. The number of likely N-dealkylation sites (tertiary alicyclic amines) is 2. The maximum absolute atomic E-state index is 15.3. The van der Waals surface area contributed by atoms with Crippen molar-refractivity contribution < 1.29 is 35.9 Å². The highest BCUT2D eigenvalue weighted by Crippen LogP contribution is 2.43. The second-order valence-corrected chi connectivity index (χ2v) is 13.0. The highest BCUT2D eigenvalue weighted by atomic mass is 32.2. The van der Waals surface area contributed by atoms with Gasteiger partial charge in [-0.3, -0.25) is 9.89 Å². The Morgan fingerprint density at radius 2 is 2.05 bits per heavy atom. The van der Waals surface area contributed by atoms with Gasteiger partial charge in [-0.25, -0.2) is 40.9 Å². The fraction of sp³-hybridized carbons (Fsp3) is 0.462. The highest BCUT2D eigenvalue weighted by molar-refractivity contribution is 7.89. The van der Waals surface area contributed by atoms with Gasteiger partial charge in [0, 0.05) is 43.0 Å². The van der Waals surface area contributed by atoms with Gasteiger partial charge >= 0.3 is 12.0 Å². The fourth-order valence-electron chi connectivity index (χ4n) is 5.61. The lowest BCUT2D eigenvalue weighted by Crippen LogP contribution is -2.46. The predicted molar refractivity (Wildman–Crippen MR) is 148 cm³/mol. The molecule has 2 saturated heterocycles. The second kappa shape index (κ2) is 11.3. The number of ether oxygens (including phenoxy) is 1. The molecule has 0 bridgehead atoms. The normalized spacial score (nSPS) is 23.8. The van der Waals surface area contributed by atoms with E-state index in [0.717, 1.165) is 11.2 Å². The van der Waals surface area contributed by atoms with Crippen LogP contribution in [0, 0.1) is 18.7 Å². The van der Waals surface area contributed by atoms with Crippen LogP contribution in [0.3, 0.4) is 0 Å². The van der Waals surface area contributed by atoms with Gasteiger partial charge in [-0.15, -0.1) is 11.3 Å². The number of aliphatic imine (C=N–C) groups is 1. The van der Waals surface area contributed by atoms with Gasteiger partial charge in [0.25, 0.3) is 5.92 Å². The average Bonchev–Trinajstić information content (AvgIpc) is 3.63. The van der Waals surface area contributed by atoms with Crippen molar-refractivity contribution in [3.05, 3.63) is 63.0 Å². The summed E-state index contributed by atoms with van der Waals surface area (Å²) in [6, 6.07) is 1.60. The van der Waals surface area contributed by atoms with Crippen LogP contribution in [0.5, 0.6) is 0 Å². The van der Waals surface area contributed by atoms with Gasteiger partial charge in [0.2, 0.25) is 10.0 Å². The molecule has 0 spiro atoms. The monoisotopic (exact) mass is 626 g/mol. The molecule has 16 heteroatoms. The van der Waals surface area contributed by atoms with E-state index in [1.54, 1.807) is 31.5 Å². The van der Waals surface area contributed by atoms with E-state index in [1.807, 2.05) is 4.72 Å². The van der Waals surface area contributed by atoms with Gasteiger partial charge < -0.3 is 15.0 Å². The van der Waals surface area contributed by atoms with Gasteiger partial charge in [0.1, 0.15) is 11.9 Å². The zero-order valence-corrected chi connectivity index (χ0v) is 24.6. The summed E-state index contributed by atoms with van der Waals surface area (Å²) < 4.78 is 75.5. The van der Waals surface area contributed by atoms with E-state index in [4.69, 9.17) is 9.73 Å². The number of alkyl halides is 2. The number of carbonyl (C=O) groups is 2. The first kappa shape index (κ1) is 30.0. The molecule has 11 nitrogen and oxygen atoms in total. The van der Waals surface area contributed by atoms with Crippen molar-refractivity contribution in [3.63, 3.8) is 0 Å². The summed E-state index contributed by atoms with van der Waals surface area (Å²) in [5.41, 5.74) is 0.948. The molecule has 1 aromatic carbocycles. The maximum atomic E-state index is 15.3. The van der Waals surface area contributed by atoms with Gasteiger partial charge in [-0.05, 0) is 31.0 Å². The summed E-state index contributed by atoms with van der Waals surface area (Å²) in [5.74, 6) is -5.41. The molecule has 2 aromatic rings. The number of sulfonamides is 1. The quantitative estimate of drug-likeness (QED) is 0.448. The molecular weight excluding hydrogens is 597 g/mol. The lowest BCUT2D eigenvalue weighted by Gasteiger charge is -2.31. The highest BCUT2D eigenvalue weighted by Gasteiger charge is 2.59. The zero-order chi connectivity index (χ0) is 30.4. The smallest absolute Gasteiger partial charge is 0.338 e. The Bertz CT molecular complexity index is 1560. The molecule has 42 heavy (non-hydrogen) atoms. The van der Waals surface area contributed by atoms with Gasteiger partial charge in [0.15, 0.2) is 10.8 Å². The lowest BCUT2D eigenvalue weighted by atomic mass is 9.92. The Morgan fingerprint density at radius 1 is 1.29 bits per heavy atom. The Hall–Kier alpha value is -3.50. The van der Waals surface area contributed by atoms with Gasteiger partial charge in [-0.2, -0.15) is 0 Å². The van der Waals surface area contributed by atoms with E-state index in [-0.39, 0.29) is 48.9 Å². The van der Waals surface area contributed by atoms with E-state index in [1.165, 1.54) is 28.4 Å². The van der Waals surface area contributed by atoms with E-state index in [9.17, 15) is 22.4 Å². The predicted octanol–water partition coefficient (Wildman–Crippen LogP) is 2.42. The van der Waals surface area contributed by atoms with E-state index < -0.39 is 58.3 Å². The minimum atomic E-state index is -3.89. The summed E-state index contributed by atoms with van der Waals surface area (Å²) in [6.07, 6.45) is 2.37. The standard InChI is InChI=1S/C26H29F3N6O5S2/c1-4-40-24(36)20-18(11-35-13-26(28,29)16-10-34(12-19(16)35)25(37)33-42(3,38)39)31-22(23-30-8-9-41-23)32-21(20)15-6-5-7-17(27)14(15)2/h5-9,16,19,21H,4,10-13H2,1-3H3,(H,31,32)(H,33,37)/t16-,19+,21+/m1/s1. The SMILES string of the molecule is CCOC(=O)C1=C(CN2CC(F)(F)[C@@H]3CN(C(=O)NS(C)(=O)=O)C[C@@H]32)NC(c2nccs2)=N[C@H]1c1cccc(F)c1C. The number of amidine groups is 1. The second-order valence-electron chi connectivity index (χ2n) is 10.3. The fourth-order valence-corrected chi connectivity index (χ4v) is 6.64. The summed E-state index contributed by atoms with van der Waals surface area (Å²) in [5, 5.41) is 5.31. The van der Waals surface area contributed by atoms with Crippen LogP contribution in [0.1, 0.15) is 29.1 Å². The maximum Gasteiger partial charge on any atom is 0.338 e. The summed E-state index contributed by atoms with van der Waals surface area (Å²) in [6.45, 7) is 1.90. The molecule has 5 rings (SSSR count). The molecule has 2 fully saturated rings. The van der Waals surface area contributed by atoms with Gasteiger partial charge in [0.05, 0.1) is 30.9 Å². The number of urea groups is 1. The molecule has 0 aliphatic carbocycles. The first-order chi connectivity index (χ1) is 19.8. The third-order valence-electron chi connectivity index (χ3n) is 7.50. The Balaban J connectivity index is 1.55. The van der Waals surface area contributed by atoms with Crippen LogP contribution < -0.4 is 10.0 Å². The van der Waals surface area contributed by atoms with Crippen molar-refractivity contribution in [3.8, 4) is 0 Å². The van der Waals surface area contributed by atoms with Crippen LogP contribution in [0.25, 0.3) is 0 Å². The number of hydrogen-bond donors (Lipinski definition) is 2. The number of amides is 2. The molecule has 3 atom stereocenters. The lowest BCUT2D eigenvalue weighted by molar-refractivity contribution is -0.139. The Kier molecular flexibility index (Phi) is 8.06. The molecule has 0 radical (unpaired) electrons. The van der Waals surface area contributed by atoms with Crippen LogP contribution in [0.4, 0.5) is 18.0 Å². The number of aromatic nitrogens is 1. The Labute approximate surface area is 244 Å².